The number of amides is 2. The van der Waals surface area contributed by atoms with Crippen LogP contribution in [0.5, 0.6) is 11.5 Å². The summed E-state index contributed by atoms with van der Waals surface area (Å²) in [6, 6.07) is 10.4. The first-order valence-corrected chi connectivity index (χ1v) is 8.54. The minimum atomic E-state index is -0.892. The van der Waals surface area contributed by atoms with Gasteiger partial charge in [-0.05, 0) is 51.7 Å². The van der Waals surface area contributed by atoms with E-state index in [-0.39, 0.29) is 11.5 Å². The number of carbonyl (C=O) groups is 2. The molecule has 0 bridgehead atoms. The van der Waals surface area contributed by atoms with Crippen LogP contribution in [0.25, 0.3) is 0 Å². The second-order valence-electron chi connectivity index (χ2n) is 5.22. The number of hydrogen-bond donors (Lipinski definition) is 3. The minimum Gasteiger partial charge on any atom is -0.503 e. The average molecular weight is 420 g/mol. The number of nitrogens with zero attached hydrogens (tertiary/aromatic N) is 1. The van der Waals surface area contributed by atoms with Crippen molar-refractivity contribution in [2.75, 3.05) is 12.4 Å². The maximum absolute atomic E-state index is 12.0. The van der Waals surface area contributed by atoms with Crippen molar-refractivity contribution in [3.8, 4) is 11.5 Å². The Morgan fingerprint density at radius 1 is 1.27 bits per heavy atom. The van der Waals surface area contributed by atoms with Gasteiger partial charge in [-0.25, -0.2) is 5.43 Å². The quantitative estimate of drug-likeness (QED) is 0.394. The van der Waals surface area contributed by atoms with Gasteiger partial charge in [0.1, 0.15) is 0 Å². The summed E-state index contributed by atoms with van der Waals surface area (Å²) in [7, 11) is 1.42. The van der Waals surface area contributed by atoms with Crippen LogP contribution in [-0.2, 0) is 16.0 Å². The third-order valence-corrected chi connectivity index (χ3v) is 4.11. The van der Waals surface area contributed by atoms with Crippen LogP contribution in [0, 0.1) is 0 Å². The van der Waals surface area contributed by atoms with Gasteiger partial charge in [0.2, 0.25) is 0 Å². The molecule has 7 nitrogen and oxygen atoms in total. The largest absolute Gasteiger partial charge is 0.503 e. The number of aromatic hydroxyl groups is 1. The lowest BCUT2D eigenvalue weighted by Gasteiger charge is -2.08. The molecular formula is C18H18BrN3O4. The van der Waals surface area contributed by atoms with Crippen molar-refractivity contribution >= 4 is 39.6 Å². The number of hydrogen-bond acceptors (Lipinski definition) is 5. The molecular weight excluding hydrogens is 402 g/mol. The van der Waals surface area contributed by atoms with E-state index in [1.807, 2.05) is 19.1 Å². The van der Waals surface area contributed by atoms with Crippen LogP contribution in [0.1, 0.15) is 18.1 Å². The average Bonchev–Trinajstić information content (AvgIpc) is 2.64. The molecule has 2 aromatic rings. The number of para-hydroxylation sites is 1. The molecule has 0 atom stereocenters. The number of hydrazone groups is 1. The first kappa shape index (κ1) is 19.5. The Labute approximate surface area is 159 Å². The van der Waals surface area contributed by atoms with E-state index in [0.717, 1.165) is 12.0 Å². The number of methoxy groups -OCH3 is 1. The summed E-state index contributed by atoms with van der Waals surface area (Å²) >= 11 is 3.19. The molecule has 26 heavy (non-hydrogen) atoms. The third-order valence-electron chi connectivity index (χ3n) is 3.50. The molecule has 0 aromatic heterocycles. The number of ether oxygens (including phenoxy) is 1. The number of nitrogens with one attached hydrogen (secondary N) is 2. The van der Waals surface area contributed by atoms with Gasteiger partial charge in [-0.3, -0.25) is 9.59 Å². The maximum Gasteiger partial charge on any atom is 0.329 e. The molecule has 3 N–H and O–H groups in total. The zero-order valence-corrected chi connectivity index (χ0v) is 15.8. The summed E-state index contributed by atoms with van der Waals surface area (Å²) in [6.45, 7) is 1.96. The predicted octanol–water partition coefficient (Wildman–Crippen LogP) is 2.81. The van der Waals surface area contributed by atoms with Crippen LogP contribution >= 0.6 is 15.9 Å². The summed E-state index contributed by atoms with van der Waals surface area (Å²) in [5.41, 5.74) is 4.24. The Morgan fingerprint density at radius 2 is 2.00 bits per heavy atom. The lowest BCUT2D eigenvalue weighted by molar-refractivity contribution is -0.136. The number of phenolic OH excluding ortho intramolecular Hbond substituents is 1. The van der Waals surface area contributed by atoms with Crippen LogP contribution in [0.4, 0.5) is 5.69 Å². The molecule has 136 valence electrons. The summed E-state index contributed by atoms with van der Waals surface area (Å²) in [5.74, 6) is -1.49. The Balaban J connectivity index is 2.00. The molecule has 0 saturated carbocycles. The van der Waals surface area contributed by atoms with Gasteiger partial charge in [0.25, 0.3) is 0 Å². The molecule has 0 aliphatic carbocycles. The first-order chi connectivity index (χ1) is 12.5. The summed E-state index contributed by atoms with van der Waals surface area (Å²) in [6.07, 6.45) is 2.06. The van der Waals surface area contributed by atoms with E-state index in [9.17, 15) is 14.7 Å². The number of benzene rings is 2. The molecule has 0 heterocycles. The summed E-state index contributed by atoms with van der Waals surface area (Å²) < 4.78 is 5.44. The Morgan fingerprint density at radius 3 is 2.69 bits per heavy atom. The Kier molecular flexibility index (Phi) is 6.74. The smallest absolute Gasteiger partial charge is 0.329 e. The number of carbonyl (C=O) groups excluding carboxylic acids is 2. The van der Waals surface area contributed by atoms with Crippen molar-refractivity contribution in [1.29, 1.82) is 0 Å². The van der Waals surface area contributed by atoms with Gasteiger partial charge in [-0.1, -0.05) is 25.1 Å². The number of anilines is 1. The van der Waals surface area contributed by atoms with Crippen molar-refractivity contribution in [3.63, 3.8) is 0 Å². The van der Waals surface area contributed by atoms with Gasteiger partial charge in [0.15, 0.2) is 11.5 Å². The summed E-state index contributed by atoms with van der Waals surface area (Å²) in [4.78, 5) is 23.8. The van der Waals surface area contributed by atoms with E-state index in [2.05, 4.69) is 31.8 Å². The SMILES string of the molecule is CCc1ccccc1NC(=O)C(=O)N/N=C\c1cc(Br)c(O)c(OC)c1. The molecule has 0 radical (unpaired) electrons. The van der Waals surface area contributed by atoms with Gasteiger partial charge in [-0.2, -0.15) is 5.10 Å². The molecule has 0 saturated heterocycles. The standard InChI is InChI=1S/C18H18BrN3O4/c1-3-12-6-4-5-7-14(12)21-17(24)18(25)22-20-10-11-8-13(19)16(23)15(9-11)26-2/h4-10,23H,3H2,1-2H3,(H,21,24)(H,22,25)/b20-10-. The van der Waals surface area contributed by atoms with E-state index in [1.165, 1.54) is 19.4 Å². The Hall–Kier alpha value is -2.87. The molecule has 0 fully saturated rings. The van der Waals surface area contributed by atoms with Crippen molar-refractivity contribution in [2.45, 2.75) is 13.3 Å². The highest BCUT2D eigenvalue weighted by atomic mass is 79.9. The van der Waals surface area contributed by atoms with Crippen molar-refractivity contribution < 1.29 is 19.4 Å². The highest BCUT2D eigenvalue weighted by Gasteiger charge is 2.14. The zero-order valence-electron chi connectivity index (χ0n) is 14.2. The molecule has 0 unspecified atom stereocenters. The van der Waals surface area contributed by atoms with Crippen LogP contribution in [0.3, 0.4) is 0 Å². The van der Waals surface area contributed by atoms with E-state index in [1.54, 1.807) is 18.2 Å². The van der Waals surface area contributed by atoms with Crippen molar-refractivity contribution in [3.05, 3.63) is 52.0 Å². The molecule has 0 aliphatic rings. The van der Waals surface area contributed by atoms with Gasteiger partial charge >= 0.3 is 11.8 Å². The molecule has 8 heteroatoms. The van der Waals surface area contributed by atoms with Gasteiger partial charge in [0, 0.05) is 5.69 Å². The fourth-order valence-electron chi connectivity index (χ4n) is 2.17. The summed E-state index contributed by atoms with van der Waals surface area (Å²) in [5, 5.41) is 16.1. The highest BCUT2D eigenvalue weighted by Crippen LogP contribution is 2.34. The number of halogens is 1. The van der Waals surface area contributed by atoms with Crippen LogP contribution in [-0.4, -0.2) is 30.2 Å². The first-order valence-electron chi connectivity index (χ1n) is 7.75. The lowest BCUT2D eigenvalue weighted by atomic mass is 10.1. The maximum atomic E-state index is 12.0. The van der Waals surface area contributed by atoms with Crippen LogP contribution in [0.15, 0.2) is 46.0 Å². The van der Waals surface area contributed by atoms with Gasteiger partial charge in [0.05, 0.1) is 17.8 Å². The van der Waals surface area contributed by atoms with Crippen LogP contribution < -0.4 is 15.5 Å². The fraction of sp³-hybridized carbons (Fsp3) is 0.167. The Bertz CT molecular complexity index is 852. The second-order valence-corrected chi connectivity index (χ2v) is 6.07. The topological polar surface area (TPSA) is 100 Å². The minimum absolute atomic E-state index is 0.0392. The molecule has 2 aromatic carbocycles. The van der Waals surface area contributed by atoms with E-state index in [4.69, 9.17) is 4.74 Å². The molecule has 0 aliphatic heterocycles. The fourth-order valence-corrected chi connectivity index (χ4v) is 2.63. The predicted molar refractivity (Wildman–Crippen MR) is 103 cm³/mol. The monoisotopic (exact) mass is 419 g/mol. The zero-order chi connectivity index (χ0) is 19.1. The number of aryl methyl sites for hydroxylation is 1. The van der Waals surface area contributed by atoms with Gasteiger partial charge < -0.3 is 15.2 Å². The lowest BCUT2D eigenvalue weighted by Crippen LogP contribution is -2.32. The number of rotatable bonds is 5. The van der Waals surface area contributed by atoms with E-state index in [0.29, 0.717) is 15.7 Å². The molecule has 2 amide bonds. The van der Waals surface area contributed by atoms with Crippen molar-refractivity contribution in [1.82, 2.24) is 5.43 Å². The third kappa shape index (κ3) is 4.82. The van der Waals surface area contributed by atoms with E-state index < -0.39 is 11.8 Å². The van der Waals surface area contributed by atoms with Crippen LogP contribution in [0.2, 0.25) is 0 Å². The number of phenols is 1. The van der Waals surface area contributed by atoms with E-state index >= 15 is 0 Å². The molecule has 2 rings (SSSR count). The normalized spacial score (nSPS) is 10.6. The molecule has 0 spiro atoms. The second kappa shape index (κ2) is 9.00. The van der Waals surface area contributed by atoms with Gasteiger partial charge in [-0.15, -0.1) is 0 Å². The highest BCUT2D eigenvalue weighted by molar-refractivity contribution is 9.10. The van der Waals surface area contributed by atoms with Crippen molar-refractivity contribution in [2.24, 2.45) is 5.10 Å².